The molecular formula is C23H28BNO6. The summed E-state index contributed by atoms with van der Waals surface area (Å²) in [5.74, 6) is 0.854. The number of aromatic hydroxyl groups is 1. The van der Waals surface area contributed by atoms with Crippen LogP contribution in [-0.4, -0.2) is 43.1 Å². The first kappa shape index (κ1) is 21.5. The lowest BCUT2D eigenvalue weighted by Gasteiger charge is -2.32. The van der Waals surface area contributed by atoms with Crippen molar-refractivity contribution in [3.05, 3.63) is 42.0 Å². The molecule has 164 valence electrons. The summed E-state index contributed by atoms with van der Waals surface area (Å²) < 4.78 is 23.0. The molecule has 0 aliphatic carbocycles. The van der Waals surface area contributed by atoms with Gasteiger partial charge in [-0.15, -0.1) is 0 Å². The van der Waals surface area contributed by atoms with Crippen LogP contribution in [0.15, 0.2) is 36.4 Å². The molecule has 31 heavy (non-hydrogen) atoms. The molecule has 2 heterocycles. The van der Waals surface area contributed by atoms with E-state index in [1.54, 1.807) is 25.3 Å². The quantitative estimate of drug-likeness (QED) is 0.579. The highest BCUT2D eigenvalue weighted by molar-refractivity contribution is 6.62. The zero-order chi connectivity index (χ0) is 22.4. The van der Waals surface area contributed by atoms with E-state index in [0.717, 1.165) is 17.1 Å². The van der Waals surface area contributed by atoms with Crippen molar-refractivity contribution in [2.75, 3.05) is 19.0 Å². The van der Waals surface area contributed by atoms with Crippen molar-refractivity contribution in [2.45, 2.75) is 45.3 Å². The SMILES string of the molecule is COc1ccc2c(c1)C[C@@H](C(=O)Nc1ccc(B3OC(C)(C)C(C)(C)O3)cc1O)CO2. The van der Waals surface area contributed by atoms with Gasteiger partial charge in [-0.2, -0.15) is 0 Å². The summed E-state index contributed by atoms with van der Waals surface area (Å²) in [6.45, 7) is 8.17. The minimum absolute atomic E-state index is 0.0423. The van der Waals surface area contributed by atoms with Gasteiger partial charge in [0.2, 0.25) is 5.91 Å². The van der Waals surface area contributed by atoms with E-state index in [0.29, 0.717) is 17.6 Å². The van der Waals surface area contributed by atoms with Crippen molar-refractivity contribution >= 4 is 24.2 Å². The highest BCUT2D eigenvalue weighted by Crippen LogP contribution is 2.37. The van der Waals surface area contributed by atoms with Crippen LogP contribution in [0.4, 0.5) is 5.69 Å². The third-order valence-electron chi connectivity index (χ3n) is 6.35. The van der Waals surface area contributed by atoms with Crippen LogP contribution in [0.1, 0.15) is 33.3 Å². The van der Waals surface area contributed by atoms with E-state index >= 15 is 0 Å². The molecule has 0 saturated carbocycles. The maximum Gasteiger partial charge on any atom is 0.494 e. The first-order valence-electron chi connectivity index (χ1n) is 10.4. The highest BCUT2D eigenvalue weighted by Gasteiger charge is 2.51. The summed E-state index contributed by atoms with van der Waals surface area (Å²) >= 11 is 0. The normalized spacial score (nSPS) is 21.2. The maximum atomic E-state index is 12.8. The molecule has 2 aromatic rings. The Morgan fingerprint density at radius 2 is 1.84 bits per heavy atom. The zero-order valence-electron chi connectivity index (χ0n) is 18.5. The van der Waals surface area contributed by atoms with Gasteiger partial charge in [-0.3, -0.25) is 4.79 Å². The van der Waals surface area contributed by atoms with Crippen molar-refractivity contribution in [1.29, 1.82) is 0 Å². The zero-order valence-corrected chi connectivity index (χ0v) is 18.5. The Labute approximate surface area is 182 Å². The third kappa shape index (κ3) is 4.10. The van der Waals surface area contributed by atoms with Gasteiger partial charge in [-0.05, 0) is 75.5 Å². The van der Waals surface area contributed by atoms with Crippen molar-refractivity contribution in [3.63, 3.8) is 0 Å². The number of hydrogen-bond donors (Lipinski definition) is 2. The van der Waals surface area contributed by atoms with Crippen LogP contribution in [0, 0.1) is 5.92 Å². The number of benzene rings is 2. The molecule has 0 radical (unpaired) electrons. The molecule has 2 N–H and O–H groups in total. The van der Waals surface area contributed by atoms with Crippen molar-refractivity contribution in [3.8, 4) is 17.2 Å². The fraction of sp³-hybridized carbons (Fsp3) is 0.435. The Kier molecular flexibility index (Phi) is 5.39. The molecule has 2 aromatic carbocycles. The topological polar surface area (TPSA) is 86.3 Å². The van der Waals surface area contributed by atoms with Crippen LogP contribution in [0.2, 0.25) is 0 Å². The summed E-state index contributed by atoms with van der Waals surface area (Å²) in [5.41, 5.74) is 1.00. The Morgan fingerprint density at radius 1 is 1.13 bits per heavy atom. The number of ether oxygens (including phenoxy) is 2. The standard InChI is InChI=1S/C23H28BNO6/c1-22(2)23(3,4)31-24(30-22)16-6-8-18(19(26)12-16)25-21(27)15-10-14-11-17(28-5)7-9-20(14)29-13-15/h6-9,11-12,15,26H,10,13H2,1-5H3,(H,25,27)/t15-/m1/s1. The second-order valence-corrected chi connectivity index (χ2v) is 9.04. The number of amides is 1. The van der Waals surface area contributed by atoms with Gasteiger partial charge in [0.05, 0.1) is 29.9 Å². The van der Waals surface area contributed by atoms with Crippen LogP contribution in [0.5, 0.6) is 17.2 Å². The maximum absolute atomic E-state index is 12.8. The molecule has 0 spiro atoms. The summed E-state index contributed by atoms with van der Waals surface area (Å²) in [4.78, 5) is 12.8. The summed E-state index contributed by atoms with van der Waals surface area (Å²) in [5, 5.41) is 13.3. The minimum atomic E-state index is -0.584. The number of nitrogens with one attached hydrogen (secondary N) is 1. The van der Waals surface area contributed by atoms with Gasteiger partial charge in [0.1, 0.15) is 23.9 Å². The molecule has 1 amide bonds. The predicted octanol–water partition coefficient (Wildman–Crippen LogP) is 2.89. The molecule has 2 aliphatic heterocycles. The van der Waals surface area contributed by atoms with Crippen molar-refractivity contribution < 1.29 is 28.7 Å². The van der Waals surface area contributed by atoms with E-state index in [4.69, 9.17) is 18.8 Å². The third-order valence-corrected chi connectivity index (χ3v) is 6.35. The van der Waals surface area contributed by atoms with Crippen LogP contribution in [0.25, 0.3) is 0 Å². The monoisotopic (exact) mass is 425 g/mol. The summed E-state index contributed by atoms with van der Waals surface area (Å²) in [7, 11) is 1.02. The largest absolute Gasteiger partial charge is 0.506 e. The number of rotatable bonds is 4. The van der Waals surface area contributed by atoms with Crippen LogP contribution >= 0.6 is 0 Å². The smallest absolute Gasteiger partial charge is 0.494 e. The molecule has 2 aliphatic rings. The molecular weight excluding hydrogens is 397 g/mol. The lowest BCUT2D eigenvalue weighted by atomic mass is 9.79. The van der Waals surface area contributed by atoms with E-state index in [2.05, 4.69) is 5.32 Å². The van der Waals surface area contributed by atoms with Crippen LogP contribution in [-0.2, 0) is 20.5 Å². The number of phenols is 1. The van der Waals surface area contributed by atoms with E-state index in [1.807, 2.05) is 45.9 Å². The lowest BCUT2D eigenvalue weighted by Crippen LogP contribution is -2.41. The van der Waals surface area contributed by atoms with Crippen LogP contribution in [0.3, 0.4) is 0 Å². The number of carbonyl (C=O) groups excluding carboxylic acids is 1. The minimum Gasteiger partial charge on any atom is -0.506 e. The van der Waals surface area contributed by atoms with E-state index < -0.39 is 18.3 Å². The van der Waals surface area contributed by atoms with Gasteiger partial charge >= 0.3 is 7.12 Å². The van der Waals surface area contributed by atoms with Gasteiger partial charge in [-0.25, -0.2) is 0 Å². The molecule has 8 heteroatoms. The molecule has 1 atom stereocenters. The second kappa shape index (κ2) is 7.77. The van der Waals surface area contributed by atoms with Crippen molar-refractivity contribution in [1.82, 2.24) is 0 Å². The Morgan fingerprint density at radius 3 is 2.48 bits per heavy atom. The first-order valence-corrected chi connectivity index (χ1v) is 10.4. The first-order chi connectivity index (χ1) is 14.6. The van der Waals surface area contributed by atoms with E-state index in [-0.39, 0.29) is 24.2 Å². The summed E-state index contributed by atoms with van der Waals surface area (Å²) in [6, 6.07) is 10.6. The molecule has 7 nitrogen and oxygen atoms in total. The van der Waals surface area contributed by atoms with Crippen LogP contribution < -0.4 is 20.3 Å². The number of anilines is 1. The van der Waals surface area contributed by atoms with Crippen molar-refractivity contribution in [2.24, 2.45) is 5.92 Å². The van der Waals surface area contributed by atoms with Gasteiger partial charge < -0.3 is 29.2 Å². The Balaban J connectivity index is 1.45. The van der Waals surface area contributed by atoms with Gasteiger partial charge in [0.25, 0.3) is 0 Å². The number of methoxy groups -OCH3 is 1. The number of hydrogen-bond acceptors (Lipinski definition) is 6. The average molecular weight is 425 g/mol. The molecule has 0 aromatic heterocycles. The van der Waals surface area contributed by atoms with Gasteiger partial charge in [-0.1, -0.05) is 6.07 Å². The number of phenolic OH excluding ortho intramolecular Hbond substituents is 1. The molecule has 0 unspecified atom stereocenters. The lowest BCUT2D eigenvalue weighted by molar-refractivity contribution is -0.121. The molecule has 0 bridgehead atoms. The Bertz CT molecular complexity index is 990. The molecule has 1 saturated heterocycles. The second-order valence-electron chi connectivity index (χ2n) is 9.04. The van der Waals surface area contributed by atoms with Gasteiger partial charge in [0, 0.05) is 0 Å². The van der Waals surface area contributed by atoms with E-state index in [9.17, 15) is 9.90 Å². The molecule has 1 fully saturated rings. The number of carbonyl (C=O) groups is 1. The Hall–Kier alpha value is -2.71. The van der Waals surface area contributed by atoms with E-state index in [1.165, 1.54) is 0 Å². The number of fused-ring (bicyclic) bond motifs is 1. The fourth-order valence-electron chi connectivity index (χ4n) is 3.68. The predicted molar refractivity (Wildman–Crippen MR) is 118 cm³/mol. The highest BCUT2D eigenvalue weighted by atomic mass is 16.7. The fourth-order valence-corrected chi connectivity index (χ4v) is 3.68. The summed E-state index contributed by atoms with van der Waals surface area (Å²) in [6.07, 6.45) is 0.533. The van der Waals surface area contributed by atoms with Gasteiger partial charge in [0.15, 0.2) is 0 Å². The molecule has 4 rings (SSSR count). The average Bonchev–Trinajstić information content (AvgIpc) is 2.95.